The molecule has 0 radical (unpaired) electrons. The molecule has 1 aromatic rings. The molecule has 1 aliphatic rings. The SMILES string of the molecule is COCCC(NC(=O)C1CC(=O)N(c2ccc(F)cc2F)C1)C(=O)O. The number of aliphatic carboxylic acids is 1. The Labute approximate surface area is 142 Å². The third-order valence-electron chi connectivity index (χ3n) is 3.92. The molecule has 1 aromatic carbocycles. The van der Waals surface area contributed by atoms with Crippen molar-refractivity contribution in [3.05, 3.63) is 29.8 Å². The molecule has 0 spiro atoms. The van der Waals surface area contributed by atoms with Gasteiger partial charge in [0.2, 0.25) is 11.8 Å². The quantitative estimate of drug-likeness (QED) is 0.758. The molecule has 7 nitrogen and oxygen atoms in total. The molecule has 2 unspecified atom stereocenters. The Balaban J connectivity index is 2.05. The molecule has 2 atom stereocenters. The van der Waals surface area contributed by atoms with E-state index in [-0.39, 0.29) is 31.7 Å². The van der Waals surface area contributed by atoms with E-state index in [1.165, 1.54) is 7.11 Å². The lowest BCUT2D eigenvalue weighted by Crippen LogP contribution is -2.44. The van der Waals surface area contributed by atoms with Crippen molar-refractivity contribution in [1.82, 2.24) is 5.32 Å². The predicted molar refractivity (Wildman–Crippen MR) is 82.9 cm³/mol. The van der Waals surface area contributed by atoms with E-state index in [0.717, 1.165) is 17.0 Å². The van der Waals surface area contributed by atoms with Crippen molar-refractivity contribution in [3.8, 4) is 0 Å². The van der Waals surface area contributed by atoms with E-state index in [0.29, 0.717) is 6.07 Å². The van der Waals surface area contributed by atoms with E-state index < -0.39 is 41.4 Å². The number of ether oxygens (including phenoxy) is 1. The Morgan fingerprint density at radius 2 is 2.16 bits per heavy atom. The first-order chi connectivity index (χ1) is 11.8. The van der Waals surface area contributed by atoms with Crippen molar-refractivity contribution in [3.63, 3.8) is 0 Å². The van der Waals surface area contributed by atoms with Crippen LogP contribution in [0.5, 0.6) is 0 Å². The summed E-state index contributed by atoms with van der Waals surface area (Å²) < 4.78 is 31.6. The number of halogens is 2. The largest absolute Gasteiger partial charge is 0.480 e. The maximum Gasteiger partial charge on any atom is 0.326 e. The fraction of sp³-hybridized carbons (Fsp3) is 0.438. The van der Waals surface area contributed by atoms with Crippen LogP contribution in [0.2, 0.25) is 0 Å². The highest BCUT2D eigenvalue weighted by Crippen LogP contribution is 2.28. The topological polar surface area (TPSA) is 95.9 Å². The second-order valence-electron chi connectivity index (χ2n) is 5.68. The normalized spacial score (nSPS) is 18.3. The molecular weight excluding hydrogens is 338 g/mol. The van der Waals surface area contributed by atoms with Crippen LogP contribution in [0.4, 0.5) is 14.5 Å². The zero-order chi connectivity index (χ0) is 18.6. The molecule has 0 saturated carbocycles. The average molecular weight is 356 g/mol. The molecular formula is C16H18F2N2O5. The number of carboxylic acid groups (broad SMARTS) is 1. The molecule has 136 valence electrons. The van der Waals surface area contributed by atoms with Gasteiger partial charge < -0.3 is 20.1 Å². The molecule has 1 aliphatic heterocycles. The van der Waals surface area contributed by atoms with Gasteiger partial charge in [0, 0.05) is 39.2 Å². The van der Waals surface area contributed by atoms with Gasteiger partial charge in [0.25, 0.3) is 0 Å². The van der Waals surface area contributed by atoms with Gasteiger partial charge >= 0.3 is 5.97 Å². The van der Waals surface area contributed by atoms with Gasteiger partial charge in [-0.05, 0) is 12.1 Å². The van der Waals surface area contributed by atoms with Crippen molar-refractivity contribution in [1.29, 1.82) is 0 Å². The minimum Gasteiger partial charge on any atom is -0.480 e. The van der Waals surface area contributed by atoms with Crippen molar-refractivity contribution in [2.24, 2.45) is 5.92 Å². The zero-order valence-corrected chi connectivity index (χ0v) is 13.5. The number of carboxylic acids is 1. The minimum absolute atomic E-state index is 0.0779. The summed E-state index contributed by atoms with van der Waals surface area (Å²) in [6.45, 7) is 0.0393. The number of nitrogens with zero attached hydrogens (tertiary/aromatic N) is 1. The van der Waals surface area contributed by atoms with Gasteiger partial charge in [0.15, 0.2) is 0 Å². The van der Waals surface area contributed by atoms with Crippen molar-refractivity contribution in [2.45, 2.75) is 18.9 Å². The second kappa shape index (κ2) is 8.02. The van der Waals surface area contributed by atoms with Crippen LogP contribution in [0.15, 0.2) is 18.2 Å². The van der Waals surface area contributed by atoms with Crippen LogP contribution in [0.1, 0.15) is 12.8 Å². The summed E-state index contributed by atoms with van der Waals surface area (Å²) in [5.41, 5.74) is -0.115. The highest BCUT2D eigenvalue weighted by atomic mass is 19.1. The van der Waals surface area contributed by atoms with Gasteiger partial charge in [-0.1, -0.05) is 0 Å². The summed E-state index contributed by atoms with van der Waals surface area (Å²) >= 11 is 0. The molecule has 1 fully saturated rings. The number of hydrogen-bond donors (Lipinski definition) is 2. The van der Waals surface area contributed by atoms with Crippen LogP contribution in [-0.4, -0.2) is 49.2 Å². The van der Waals surface area contributed by atoms with Gasteiger partial charge in [0.1, 0.15) is 17.7 Å². The number of rotatable bonds is 7. The first kappa shape index (κ1) is 18.8. The minimum atomic E-state index is -1.21. The maximum absolute atomic E-state index is 13.8. The van der Waals surface area contributed by atoms with E-state index in [1.807, 2.05) is 0 Å². The number of carbonyl (C=O) groups is 3. The van der Waals surface area contributed by atoms with Crippen LogP contribution < -0.4 is 10.2 Å². The summed E-state index contributed by atoms with van der Waals surface area (Å²) in [5, 5.41) is 11.5. The molecule has 2 N–H and O–H groups in total. The van der Waals surface area contributed by atoms with Crippen LogP contribution in [-0.2, 0) is 19.1 Å². The van der Waals surface area contributed by atoms with Gasteiger partial charge in [-0.3, -0.25) is 9.59 Å². The van der Waals surface area contributed by atoms with Crippen molar-refractivity contribution in [2.75, 3.05) is 25.2 Å². The van der Waals surface area contributed by atoms with Gasteiger partial charge in [-0.2, -0.15) is 0 Å². The van der Waals surface area contributed by atoms with Gasteiger partial charge in [0.05, 0.1) is 11.6 Å². The van der Waals surface area contributed by atoms with E-state index in [4.69, 9.17) is 9.84 Å². The summed E-state index contributed by atoms with van der Waals surface area (Å²) in [6, 6.07) is 1.66. The standard InChI is InChI=1S/C16H18F2N2O5/c1-25-5-4-12(16(23)24)19-15(22)9-6-14(21)20(8-9)13-3-2-10(17)7-11(13)18/h2-3,7,9,12H,4-6,8H2,1H3,(H,19,22)(H,23,24). The molecule has 2 amide bonds. The average Bonchev–Trinajstić information content (AvgIpc) is 2.93. The smallest absolute Gasteiger partial charge is 0.326 e. The summed E-state index contributed by atoms with van der Waals surface area (Å²) in [7, 11) is 1.41. The molecule has 2 rings (SSSR count). The van der Waals surface area contributed by atoms with Crippen LogP contribution in [0.3, 0.4) is 0 Å². The molecule has 9 heteroatoms. The number of methoxy groups -OCH3 is 1. The monoisotopic (exact) mass is 356 g/mol. The van der Waals surface area contributed by atoms with Crippen molar-refractivity contribution < 1.29 is 33.0 Å². The Morgan fingerprint density at radius 3 is 2.76 bits per heavy atom. The number of hydrogen-bond acceptors (Lipinski definition) is 4. The van der Waals surface area contributed by atoms with E-state index >= 15 is 0 Å². The van der Waals surface area contributed by atoms with Crippen molar-refractivity contribution >= 4 is 23.5 Å². The fourth-order valence-electron chi connectivity index (χ4n) is 2.60. The van der Waals surface area contributed by atoms with E-state index in [2.05, 4.69) is 5.32 Å². The summed E-state index contributed by atoms with van der Waals surface area (Å²) in [5.74, 6) is -4.81. The lowest BCUT2D eigenvalue weighted by molar-refractivity contribution is -0.142. The first-order valence-corrected chi connectivity index (χ1v) is 7.61. The number of nitrogens with one attached hydrogen (secondary N) is 1. The maximum atomic E-state index is 13.8. The highest BCUT2D eigenvalue weighted by Gasteiger charge is 2.37. The van der Waals surface area contributed by atoms with Gasteiger partial charge in [-0.15, -0.1) is 0 Å². The number of amides is 2. The van der Waals surface area contributed by atoms with Gasteiger partial charge in [-0.25, -0.2) is 13.6 Å². The second-order valence-corrected chi connectivity index (χ2v) is 5.68. The summed E-state index contributed by atoms with van der Waals surface area (Å²) in [6.07, 6.45) is -0.103. The number of carbonyl (C=O) groups excluding carboxylic acids is 2. The first-order valence-electron chi connectivity index (χ1n) is 7.61. The highest BCUT2D eigenvalue weighted by molar-refractivity contribution is 6.00. The molecule has 0 aromatic heterocycles. The lowest BCUT2D eigenvalue weighted by Gasteiger charge is -2.19. The Hall–Kier alpha value is -2.55. The molecule has 0 aliphatic carbocycles. The van der Waals surface area contributed by atoms with Crippen LogP contribution in [0.25, 0.3) is 0 Å². The fourth-order valence-corrected chi connectivity index (χ4v) is 2.60. The summed E-state index contributed by atoms with van der Waals surface area (Å²) in [4.78, 5) is 36.5. The zero-order valence-electron chi connectivity index (χ0n) is 13.5. The molecule has 25 heavy (non-hydrogen) atoms. The molecule has 1 heterocycles. The van der Waals surface area contributed by atoms with E-state index in [1.54, 1.807) is 0 Å². The number of anilines is 1. The molecule has 1 saturated heterocycles. The third kappa shape index (κ3) is 4.50. The van der Waals surface area contributed by atoms with E-state index in [9.17, 15) is 23.2 Å². The number of benzene rings is 1. The Bertz CT molecular complexity index is 682. The van der Waals surface area contributed by atoms with Crippen LogP contribution >= 0.6 is 0 Å². The lowest BCUT2D eigenvalue weighted by atomic mass is 10.1. The Morgan fingerprint density at radius 1 is 1.44 bits per heavy atom. The predicted octanol–water partition coefficient (Wildman–Crippen LogP) is 0.924. The third-order valence-corrected chi connectivity index (χ3v) is 3.92. The van der Waals surface area contributed by atoms with Crippen LogP contribution in [0, 0.1) is 17.6 Å². The molecule has 0 bridgehead atoms. The Kier molecular flexibility index (Phi) is 6.02.